The summed E-state index contributed by atoms with van der Waals surface area (Å²) in [4.78, 5) is 0. The van der Waals surface area contributed by atoms with Crippen LogP contribution >= 0.6 is 11.3 Å². The highest BCUT2D eigenvalue weighted by atomic mass is 32.2. The number of rotatable bonds is 6. The summed E-state index contributed by atoms with van der Waals surface area (Å²) in [5, 5.41) is 4.91. The first-order valence-electron chi connectivity index (χ1n) is 6.49. The van der Waals surface area contributed by atoms with Crippen molar-refractivity contribution in [2.45, 2.75) is 24.6 Å². The Morgan fingerprint density at radius 3 is 2.71 bits per heavy atom. The highest BCUT2D eigenvalue weighted by molar-refractivity contribution is 7.94. The lowest BCUT2D eigenvalue weighted by molar-refractivity contribution is 0.600. The van der Waals surface area contributed by atoms with E-state index >= 15 is 0 Å². The molecule has 1 aromatic heterocycles. The number of hydrogen-bond donors (Lipinski definition) is 2. The molecule has 0 aliphatic carbocycles. The normalized spacial score (nSPS) is 11.6. The van der Waals surface area contributed by atoms with Crippen molar-refractivity contribution in [3.8, 4) is 0 Å². The van der Waals surface area contributed by atoms with Gasteiger partial charge in [-0.15, -0.1) is 11.3 Å². The van der Waals surface area contributed by atoms with Crippen LogP contribution in [0.1, 0.15) is 18.1 Å². The maximum absolute atomic E-state index is 13.7. The molecule has 2 aromatic rings. The third-order valence-electron chi connectivity index (χ3n) is 2.84. The standard InChI is InChI=1S/C14H17FN2O2S2/c1-3-16-8-11-7-14(20-9-11)21(18,19)17-13-5-4-10(2)6-12(13)15/h4-7,9,16-17H,3,8H2,1-2H3. The van der Waals surface area contributed by atoms with Crippen LogP contribution in [0.4, 0.5) is 10.1 Å². The molecule has 0 aliphatic rings. The van der Waals surface area contributed by atoms with E-state index in [1.54, 1.807) is 24.4 Å². The first kappa shape index (κ1) is 15.9. The van der Waals surface area contributed by atoms with E-state index in [0.29, 0.717) is 6.54 Å². The summed E-state index contributed by atoms with van der Waals surface area (Å²) >= 11 is 1.12. The minimum atomic E-state index is -3.75. The summed E-state index contributed by atoms with van der Waals surface area (Å²) < 4.78 is 40.7. The third-order valence-corrected chi connectivity index (χ3v) is 5.70. The van der Waals surface area contributed by atoms with Crippen LogP contribution < -0.4 is 10.0 Å². The molecule has 2 N–H and O–H groups in total. The van der Waals surface area contributed by atoms with E-state index < -0.39 is 15.8 Å². The molecule has 0 bridgehead atoms. The van der Waals surface area contributed by atoms with E-state index in [2.05, 4.69) is 10.0 Å². The SMILES string of the molecule is CCNCc1csc(S(=O)(=O)Nc2ccc(C)cc2F)c1. The molecule has 0 fully saturated rings. The molecule has 0 saturated heterocycles. The molecule has 0 saturated carbocycles. The summed E-state index contributed by atoms with van der Waals surface area (Å²) in [6.07, 6.45) is 0. The molecule has 1 heterocycles. The quantitative estimate of drug-likeness (QED) is 0.856. The fourth-order valence-corrected chi connectivity index (χ4v) is 4.03. The summed E-state index contributed by atoms with van der Waals surface area (Å²) in [7, 11) is -3.75. The summed E-state index contributed by atoms with van der Waals surface area (Å²) in [6, 6.07) is 5.98. The van der Waals surface area contributed by atoms with Gasteiger partial charge in [-0.25, -0.2) is 12.8 Å². The van der Waals surface area contributed by atoms with E-state index in [9.17, 15) is 12.8 Å². The molecule has 0 radical (unpaired) electrons. The summed E-state index contributed by atoms with van der Waals surface area (Å²) in [5.41, 5.74) is 1.59. The van der Waals surface area contributed by atoms with Crippen LogP contribution in [0.25, 0.3) is 0 Å². The second-order valence-electron chi connectivity index (χ2n) is 4.64. The topological polar surface area (TPSA) is 58.2 Å². The van der Waals surface area contributed by atoms with Crippen molar-refractivity contribution in [1.82, 2.24) is 5.32 Å². The molecule has 4 nitrogen and oxygen atoms in total. The van der Waals surface area contributed by atoms with Gasteiger partial charge < -0.3 is 5.32 Å². The molecule has 7 heteroatoms. The summed E-state index contributed by atoms with van der Waals surface area (Å²) in [6.45, 7) is 5.14. The highest BCUT2D eigenvalue weighted by Crippen LogP contribution is 2.24. The Kier molecular flexibility index (Phi) is 4.97. The van der Waals surface area contributed by atoms with Crippen LogP contribution in [0.15, 0.2) is 33.9 Å². The Bertz CT molecular complexity index is 726. The van der Waals surface area contributed by atoms with Gasteiger partial charge >= 0.3 is 0 Å². The van der Waals surface area contributed by atoms with E-state index in [-0.39, 0.29) is 9.90 Å². The molecular formula is C14H17FN2O2S2. The minimum absolute atomic E-state index is 0.0396. The first-order chi connectivity index (χ1) is 9.92. The Balaban J connectivity index is 2.19. The van der Waals surface area contributed by atoms with Crippen molar-refractivity contribution in [2.24, 2.45) is 0 Å². The molecular weight excluding hydrogens is 311 g/mol. The number of nitrogens with one attached hydrogen (secondary N) is 2. The van der Waals surface area contributed by atoms with Crippen molar-refractivity contribution in [3.63, 3.8) is 0 Å². The zero-order chi connectivity index (χ0) is 15.5. The first-order valence-corrected chi connectivity index (χ1v) is 8.86. The minimum Gasteiger partial charge on any atom is -0.313 e. The average molecular weight is 328 g/mol. The smallest absolute Gasteiger partial charge is 0.271 e. The second kappa shape index (κ2) is 6.55. The van der Waals surface area contributed by atoms with E-state index in [4.69, 9.17) is 0 Å². The van der Waals surface area contributed by atoms with Gasteiger partial charge in [-0.2, -0.15) is 0 Å². The van der Waals surface area contributed by atoms with Crippen LogP contribution in [0.5, 0.6) is 0 Å². The fourth-order valence-electron chi connectivity index (χ4n) is 1.75. The van der Waals surface area contributed by atoms with Gasteiger partial charge in [0.15, 0.2) is 0 Å². The third kappa shape index (κ3) is 4.03. The molecule has 0 atom stereocenters. The maximum atomic E-state index is 13.7. The predicted molar refractivity (Wildman–Crippen MR) is 83.6 cm³/mol. The van der Waals surface area contributed by atoms with Crippen molar-refractivity contribution in [1.29, 1.82) is 0 Å². The van der Waals surface area contributed by atoms with Crippen LogP contribution in [-0.4, -0.2) is 15.0 Å². The number of hydrogen-bond acceptors (Lipinski definition) is 4. The van der Waals surface area contributed by atoms with Gasteiger partial charge in [-0.1, -0.05) is 13.0 Å². The van der Waals surface area contributed by atoms with Gasteiger partial charge in [0.1, 0.15) is 10.0 Å². The largest absolute Gasteiger partial charge is 0.313 e. The molecule has 21 heavy (non-hydrogen) atoms. The van der Waals surface area contributed by atoms with Gasteiger partial charge in [0.25, 0.3) is 10.0 Å². The molecule has 0 unspecified atom stereocenters. The number of benzene rings is 1. The van der Waals surface area contributed by atoms with Gasteiger partial charge in [0, 0.05) is 6.54 Å². The number of sulfonamides is 1. The molecule has 2 rings (SSSR count). The van der Waals surface area contributed by atoms with Crippen LogP contribution in [0.3, 0.4) is 0 Å². The van der Waals surface area contributed by atoms with Crippen molar-refractivity contribution < 1.29 is 12.8 Å². The fraction of sp³-hybridized carbons (Fsp3) is 0.286. The lowest BCUT2D eigenvalue weighted by atomic mass is 10.2. The van der Waals surface area contributed by atoms with Gasteiger partial charge in [-0.05, 0) is 48.2 Å². The Hall–Kier alpha value is -1.44. The van der Waals surface area contributed by atoms with E-state index in [1.165, 1.54) is 12.1 Å². The van der Waals surface area contributed by atoms with E-state index in [0.717, 1.165) is 29.0 Å². The van der Waals surface area contributed by atoms with Crippen molar-refractivity contribution >= 4 is 27.0 Å². The maximum Gasteiger partial charge on any atom is 0.271 e. The number of anilines is 1. The van der Waals surface area contributed by atoms with Crippen LogP contribution in [0, 0.1) is 12.7 Å². The van der Waals surface area contributed by atoms with Crippen LogP contribution in [0.2, 0.25) is 0 Å². The second-order valence-corrected chi connectivity index (χ2v) is 7.46. The average Bonchev–Trinajstić information content (AvgIpc) is 2.89. The van der Waals surface area contributed by atoms with E-state index in [1.807, 2.05) is 6.92 Å². The number of aryl methyl sites for hydroxylation is 1. The number of halogens is 1. The van der Waals surface area contributed by atoms with Gasteiger partial charge in [0.2, 0.25) is 0 Å². The summed E-state index contributed by atoms with van der Waals surface area (Å²) in [5.74, 6) is -0.581. The van der Waals surface area contributed by atoms with Crippen molar-refractivity contribution in [2.75, 3.05) is 11.3 Å². The number of thiophene rings is 1. The van der Waals surface area contributed by atoms with Crippen molar-refractivity contribution in [3.05, 3.63) is 46.6 Å². The van der Waals surface area contributed by atoms with Gasteiger partial charge in [0.05, 0.1) is 5.69 Å². The predicted octanol–water partition coefficient (Wildman–Crippen LogP) is 3.11. The Labute approximate surface area is 128 Å². The Morgan fingerprint density at radius 1 is 1.29 bits per heavy atom. The molecule has 0 amide bonds. The molecule has 0 spiro atoms. The molecule has 114 valence electrons. The van der Waals surface area contributed by atoms with Gasteiger partial charge in [-0.3, -0.25) is 4.72 Å². The zero-order valence-corrected chi connectivity index (χ0v) is 13.4. The van der Waals surface area contributed by atoms with Crippen LogP contribution in [-0.2, 0) is 16.6 Å². The zero-order valence-electron chi connectivity index (χ0n) is 11.8. The Morgan fingerprint density at radius 2 is 2.05 bits per heavy atom. The molecule has 0 aliphatic heterocycles. The monoisotopic (exact) mass is 328 g/mol. The lowest BCUT2D eigenvalue weighted by Crippen LogP contribution is -2.13. The molecule has 1 aromatic carbocycles. The lowest BCUT2D eigenvalue weighted by Gasteiger charge is -2.07. The highest BCUT2D eigenvalue weighted by Gasteiger charge is 2.18.